The van der Waals surface area contributed by atoms with Crippen LogP contribution in [0.5, 0.6) is 0 Å². The quantitative estimate of drug-likeness (QED) is 0.812. The van der Waals surface area contributed by atoms with Gasteiger partial charge in [-0.05, 0) is 23.8 Å². The molecule has 2 aromatic rings. The molecule has 0 aliphatic carbocycles. The van der Waals surface area contributed by atoms with E-state index in [1.165, 1.54) is 30.7 Å². The number of ether oxygens (including phenoxy) is 1. The Morgan fingerprint density at radius 3 is 2.40 bits per heavy atom. The predicted molar refractivity (Wildman–Crippen MR) is 62.6 cm³/mol. The minimum absolute atomic E-state index is 0.0897. The molecule has 0 bridgehead atoms. The van der Waals surface area contributed by atoms with Crippen LogP contribution in [0.3, 0.4) is 0 Å². The van der Waals surface area contributed by atoms with E-state index < -0.39 is 17.7 Å². The highest BCUT2D eigenvalue weighted by Gasteiger charge is 2.29. The van der Waals surface area contributed by atoms with Crippen molar-refractivity contribution in [3.8, 4) is 0 Å². The normalized spacial score (nSPS) is 11.2. The molecule has 0 aliphatic heterocycles. The molecule has 2 rings (SSSR count). The van der Waals surface area contributed by atoms with Crippen LogP contribution in [0.25, 0.3) is 0 Å². The van der Waals surface area contributed by atoms with Crippen LogP contribution in [0.4, 0.5) is 13.2 Å². The number of benzene rings is 1. The Kier molecular flexibility index (Phi) is 3.97. The highest BCUT2D eigenvalue weighted by molar-refractivity contribution is 5.86. The zero-order valence-corrected chi connectivity index (χ0v) is 10.1. The van der Waals surface area contributed by atoms with Crippen LogP contribution in [-0.2, 0) is 17.5 Å². The fraction of sp³-hybridized carbons (Fsp3) is 0.154. The summed E-state index contributed by atoms with van der Waals surface area (Å²) in [5, 5.41) is 0. The highest BCUT2D eigenvalue weighted by atomic mass is 19.4. The molecular weight excluding hydrogens is 273 g/mol. The molecule has 0 N–H and O–H groups in total. The van der Waals surface area contributed by atoms with Gasteiger partial charge in [0.2, 0.25) is 0 Å². The number of aromatic nitrogens is 2. The van der Waals surface area contributed by atoms with Crippen molar-refractivity contribution in [2.45, 2.75) is 12.8 Å². The standard InChI is InChI=1S/C13H9F3N2O2/c14-13(15,16)10-3-1-9(2-4-10)7-20-12(19)11-5-6-17-8-18-11/h1-6,8H,7H2. The maximum Gasteiger partial charge on any atom is 0.416 e. The first-order valence-corrected chi connectivity index (χ1v) is 5.56. The lowest BCUT2D eigenvalue weighted by molar-refractivity contribution is -0.137. The second-order valence-electron chi connectivity index (χ2n) is 3.87. The van der Waals surface area contributed by atoms with Crippen molar-refractivity contribution >= 4 is 5.97 Å². The van der Waals surface area contributed by atoms with E-state index in [4.69, 9.17) is 4.74 Å². The largest absolute Gasteiger partial charge is 0.456 e. The lowest BCUT2D eigenvalue weighted by Crippen LogP contribution is -2.08. The molecule has 0 amide bonds. The average Bonchev–Trinajstić information content (AvgIpc) is 2.45. The van der Waals surface area contributed by atoms with Crippen molar-refractivity contribution in [2.75, 3.05) is 0 Å². The summed E-state index contributed by atoms with van der Waals surface area (Å²) >= 11 is 0. The first-order chi connectivity index (χ1) is 9.47. The SMILES string of the molecule is O=C(OCc1ccc(C(F)(F)F)cc1)c1ccncn1. The zero-order valence-electron chi connectivity index (χ0n) is 10.1. The van der Waals surface area contributed by atoms with E-state index in [0.717, 1.165) is 12.1 Å². The third-order valence-corrected chi connectivity index (χ3v) is 2.44. The number of nitrogens with zero attached hydrogens (tertiary/aromatic N) is 2. The van der Waals surface area contributed by atoms with Gasteiger partial charge in [0.05, 0.1) is 5.56 Å². The number of rotatable bonds is 3. The van der Waals surface area contributed by atoms with Crippen molar-refractivity contribution in [2.24, 2.45) is 0 Å². The van der Waals surface area contributed by atoms with E-state index in [2.05, 4.69) is 9.97 Å². The third kappa shape index (κ3) is 3.53. The molecule has 0 aliphatic rings. The van der Waals surface area contributed by atoms with Gasteiger partial charge in [-0.3, -0.25) is 0 Å². The van der Waals surface area contributed by atoms with Gasteiger partial charge in [-0.1, -0.05) is 12.1 Å². The average molecular weight is 282 g/mol. The zero-order chi connectivity index (χ0) is 14.6. The fourth-order valence-corrected chi connectivity index (χ4v) is 1.42. The summed E-state index contributed by atoms with van der Waals surface area (Å²) in [5.41, 5.74) is -0.198. The van der Waals surface area contributed by atoms with E-state index >= 15 is 0 Å². The topological polar surface area (TPSA) is 52.1 Å². The molecule has 1 heterocycles. The fourth-order valence-electron chi connectivity index (χ4n) is 1.42. The molecule has 20 heavy (non-hydrogen) atoms. The van der Waals surface area contributed by atoms with E-state index in [-0.39, 0.29) is 12.3 Å². The van der Waals surface area contributed by atoms with Gasteiger partial charge in [0.25, 0.3) is 0 Å². The number of alkyl halides is 3. The predicted octanol–water partition coefficient (Wildman–Crippen LogP) is 2.85. The number of halogens is 3. The Balaban J connectivity index is 1.96. The molecule has 0 saturated heterocycles. The molecule has 4 nitrogen and oxygen atoms in total. The van der Waals surface area contributed by atoms with Crippen LogP contribution < -0.4 is 0 Å². The van der Waals surface area contributed by atoms with E-state index in [0.29, 0.717) is 5.56 Å². The Labute approximate surface area is 112 Å². The summed E-state index contributed by atoms with van der Waals surface area (Å²) in [5.74, 6) is -0.660. The second-order valence-corrected chi connectivity index (χ2v) is 3.87. The molecular formula is C13H9F3N2O2. The van der Waals surface area contributed by atoms with Crippen LogP contribution in [-0.4, -0.2) is 15.9 Å². The van der Waals surface area contributed by atoms with Crippen LogP contribution >= 0.6 is 0 Å². The minimum atomic E-state index is -4.38. The highest BCUT2D eigenvalue weighted by Crippen LogP contribution is 2.29. The number of hydrogen-bond donors (Lipinski definition) is 0. The molecule has 7 heteroatoms. The Morgan fingerprint density at radius 1 is 1.15 bits per heavy atom. The first-order valence-electron chi connectivity index (χ1n) is 5.56. The van der Waals surface area contributed by atoms with Gasteiger partial charge in [-0.2, -0.15) is 13.2 Å². The summed E-state index contributed by atoms with van der Waals surface area (Å²) in [6.45, 7) is -0.124. The molecule has 0 radical (unpaired) electrons. The van der Waals surface area contributed by atoms with Gasteiger partial charge in [0.15, 0.2) is 5.69 Å². The molecule has 0 spiro atoms. The maximum absolute atomic E-state index is 12.4. The van der Waals surface area contributed by atoms with E-state index in [9.17, 15) is 18.0 Å². The maximum atomic E-state index is 12.4. The van der Waals surface area contributed by atoms with Gasteiger partial charge in [0.1, 0.15) is 12.9 Å². The number of hydrogen-bond acceptors (Lipinski definition) is 4. The first kappa shape index (κ1) is 14.0. The van der Waals surface area contributed by atoms with Crippen molar-refractivity contribution in [1.29, 1.82) is 0 Å². The summed E-state index contributed by atoms with van der Waals surface area (Å²) in [7, 11) is 0. The van der Waals surface area contributed by atoms with Gasteiger partial charge in [-0.25, -0.2) is 14.8 Å². The monoisotopic (exact) mass is 282 g/mol. The molecule has 1 aromatic carbocycles. The van der Waals surface area contributed by atoms with Crippen LogP contribution in [0.15, 0.2) is 42.9 Å². The van der Waals surface area contributed by atoms with Crippen molar-refractivity contribution in [3.63, 3.8) is 0 Å². The summed E-state index contributed by atoms with van der Waals surface area (Å²) in [6, 6.07) is 5.78. The van der Waals surface area contributed by atoms with Gasteiger partial charge in [0, 0.05) is 6.20 Å². The Morgan fingerprint density at radius 2 is 1.85 bits per heavy atom. The summed E-state index contributed by atoms with van der Waals surface area (Å²) in [4.78, 5) is 18.9. The molecule has 1 aromatic heterocycles. The van der Waals surface area contributed by atoms with E-state index in [1.54, 1.807) is 0 Å². The Hall–Kier alpha value is -2.44. The third-order valence-electron chi connectivity index (χ3n) is 2.44. The number of carbonyl (C=O) groups is 1. The lowest BCUT2D eigenvalue weighted by atomic mass is 10.1. The van der Waals surface area contributed by atoms with Gasteiger partial charge < -0.3 is 4.74 Å². The van der Waals surface area contributed by atoms with E-state index in [1.807, 2.05) is 0 Å². The second kappa shape index (κ2) is 5.68. The van der Waals surface area contributed by atoms with Crippen LogP contribution in [0, 0.1) is 0 Å². The molecule has 0 atom stereocenters. The van der Waals surface area contributed by atoms with Crippen LogP contribution in [0.2, 0.25) is 0 Å². The smallest absolute Gasteiger partial charge is 0.416 e. The molecule has 104 valence electrons. The Bertz CT molecular complexity index is 583. The minimum Gasteiger partial charge on any atom is -0.456 e. The van der Waals surface area contributed by atoms with Gasteiger partial charge >= 0.3 is 12.1 Å². The van der Waals surface area contributed by atoms with Crippen molar-refractivity contribution < 1.29 is 22.7 Å². The number of esters is 1. The van der Waals surface area contributed by atoms with Crippen molar-refractivity contribution in [1.82, 2.24) is 9.97 Å². The van der Waals surface area contributed by atoms with Crippen LogP contribution in [0.1, 0.15) is 21.6 Å². The van der Waals surface area contributed by atoms with Crippen molar-refractivity contribution in [3.05, 3.63) is 59.7 Å². The molecule has 0 unspecified atom stereocenters. The summed E-state index contributed by atoms with van der Waals surface area (Å²) in [6.07, 6.45) is -1.79. The lowest BCUT2D eigenvalue weighted by Gasteiger charge is -2.08. The molecule has 0 saturated carbocycles. The molecule has 0 fully saturated rings. The van der Waals surface area contributed by atoms with Gasteiger partial charge in [-0.15, -0.1) is 0 Å². The summed E-state index contributed by atoms with van der Waals surface area (Å²) < 4.78 is 42.0. The number of carbonyl (C=O) groups excluding carboxylic acids is 1.